The van der Waals surface area contributed by atoms with Crippen LogP contribution >= 0.6 is 0 Å². The van der Waals surface area contributed by atoms with Crippen LogP contribution < -0.4 is 9.47 Å². The van der Waals surface area contributed by atoms with Crippen molar-refractivity contribution < 1.29 is 9.47 Å². The fourth-order valence-corrected chi connectivity index (χ4v) is 2.09. The lowest BCUT2D eigenvalue weighted by atomic mass is 10.1. The smallest absolute Gasteiger partial charge is 0.314 e. The van der Waals surface area contributed by atoms with Crippen molar-refractivity contribution in [3.8, 4) is 28.8 Å². The minimum Gasteiger partial charge on any atom is -0.497 e. The molecule has 0 radical (unpaired) electrons. The highest BCUT2D eigenvalue weighted by molar-refractivity contribution is 5.69. The minimum absolute atomic E-state index is 0.451. The van der Waals surface area contributed by atoms with E-state index < -0.39 is 0 Å². The summed E-state index contributed by atoms with van der Waals surface area (Å²) in [5, 5.41) is 8.64. The first-order valence-corrected chi connectivity index (χ1v) is 6.36. The molecule has 0 N–H and O–H groups in total. The molecular weight excluding hydrogens is 270 g/mol. The molecule has 0 unspecified atom stereocenters. The molecule has 0 bridgehead atoms. The summed E-state index contributed by atoms with van der Waals surface area (Å²) in [6.45, 7) is 0. The lowest BCUT2D eigenvalue weighted by molar-refractivity contribution is 0.359. The van der Waals surface area contributed by atoms with Crippen molar-refractivity contribution in [1.82, 2.24) is 24.5 Å². The van der Waals surface area contributed by atoms with E-state index in [4.69, 9.17) is 9.47 Å². The van der Waals surface area contributed by atoms with Gasteiger partial charge in [-0.25, -0.2) is 9.36 Å². The summed E-state index contributed by atoms with van der Waals surface area (Å²) in [5.41, 5.74) is 1.69. The minimum atomic E-state index is 0.451. The van der Waals surface area contributed by atoms with Gasteiger partial charge < -0.3 is 9.47 Å². The van der Waals surface area contributed by atoms with Gasteiger partial charge in [-0.2, -0.15) is 10.1 Å². The molecule has 7 heteroatoms. The number of hydrogen-bond donors (Lipinski definition) is 0. The largest absolute Gasteiger partial charge is 0.497 e. The van der Waals surface area contributed by atoms with E-state index in [2.05, 4.69) is 15.2 Å². The Balaban J connectivity index is 2.17. The molecule has 7 nitrogen and oxygen atoms in total. The number of benzene rings is 1. The van der Waals surface area contributed by atoms with E-state index in [0.717, 1.165) is 17.0 Å². The number of methoxy groups -OCH3 is 2. The van der Waals surface area contributed by atoms with Crippen molar-refractivity contribution in [2.45, 2.75) is 0 Å². The molecule has 0 aliphatic carbocycles. The molecule has 0 aliphatic heterocycles. The summed E-state index contributed by atoms with van der Waals surface area (Å²) in [7, 11) is 4.98. The molecule has 1 aromatic carbocycles. The molecule has 0 spiro atoms. The van der Waals surface area contributed by atoms with E-state index in [0.29, 0.717) is 11.8 Å². The molecule has 2 aromatic heterocycles. The Morgan fingerprint density at radius 3 is 2.62 bits per heavy atom. The van der Waals surface area contributed by atoms with Crippen LogP contribution in [0.1, 0.15) is 0 Å². The molecule has 0 saturated carbocycles. The zero-order chi connectivity index (χ0) is 14.8. The number of aryl methyl sites for hydroxylation is 1. The highest BCUT2D eigenvalue weighted by Gasteiger charge is 2.15. The number of hydrogen-bond acceptors (Lipinski definition) is 5. The normalized spacial score (nSPS) is 10.6. The van der Waals surface area contributed by atoms with E-state index in [1.807, 2.05) is 30.5 Å². The Morgan fingerprint density at radius 2 is 2.00 bits per heavy atom. The first kappa shape index (κ1) is 13.2. The van der Waals surface area contributed by atoms with Crippen LogP contribution in [0.15, 0.2) is 36.7 Å². The lowest BCUT2D eigenvalue weighted by Crippen LogP contribution is -1.99. The molecule has 3 rings (SSSR count). The van der Waals surface area contributed by atoms with Crippen LogP contribution in [0, 0.1) is 0 Å². The van der Waals surface area contributed by atoms with Crippen molar-refractivity contribution in [2.24, 2.45) is 7.05 Å². The van der Waals surface area contributed by atoms with Crippen LogP contribution in [0.5, 0.6) is 11.8 Å². The molecular formula is C14H15N5O2. The van der Waals surface area contributed by atoms with Gasteiger partial charge in [0.2, 0.25) is 0 Å². The first-order valence-electron chi connectivity index (χ1n) is 6.36. The van der Waals surface area contributed by atoms with Gasteiger partial charge in [-0.1, -0.05) is 0 Å². The lowest BCUT2D eigenvalue weighted by Gasteiger charge is -2.09. The van der Waals surface area contributed by atoms with Crippen molar-refractivity contribution >= 4 is 0 Å². The molecule has 0 saturated heterocycles. The Morgan fingerprint density at radius 1 is 1.14 bits per heavy atom. The summed E-state index contributed by atoms with van der Waals surface area (Å²) < 4.78 is 13.8. The van der Waals surface area contributed by atoms with Crippen LogP contribution in [0.4, 0.5) is 0 Å². The maximum Gasteiger partial charge on any atom is 0.314 e. The van der Waals surface area contributed by atoms with Gasteiger partial charge in [0.05, 0.1) is 19.9 Å². The zero-order valence-electron chi connectivity index (χ0n) is 12.0. The van der Waals surface area contributed by atoms with E-state index in [-0.39, 0.29) is 0 Å². The predicted molar refractivity (Wildman–Crippen MR) is 76.7 cm³/mol. The zero-order valence-corrected chi connectivity index (χ0v) is 12.0. The van der Waals surface area contributed by atoms with Gasteiger partial charge in [-0.05, 0) is 18.2 Å². The number of nitrogens with zero attached hydrogens (tertiary/aromatic N) is 5. The highest BCUT2D eigenvalue weighted by Crippen LogP contribution is 2.28. The third-order valence-corrected chi connectivity index (χ3v) is 3.10. The van der Waals surface area contributed by atoms with Gasteiger partial charge in [0.25, 0.3) is 0 Å². The molecule has 3 aromatic rings. The maximum atomic E-state index is 5.28. The predicted octanol–water partition coefficient (Wildman–Crippen LogP) is 1.68. The van der Waals surface area contributed by atoms with Crippen molar-refractivity contribution in [3.05, 3.63) is 36.7 Å². The van der Waals surface area contributed by atoms with Gasteiger partial charge in [-0.3, -0.25) is 0 Å². The molecule has 0 fully saturated rings. The van der Waals surface area contributed by atoms with Crippen molar-refractivity contribution in [1.29, 1.82) is 0 Å². The molecule has 0 aliphatic rings. The third-order valence-electron chi connectivity index (χ3n) is 3.10. The summed E-state index contributed by atoms with van der Waals surface area (Å²) >= 11 is 0. The fourth-order valence-electron chi connectivity index (χ4n) is 2.09. The van der Waals surface area contributed by atoms with Gasteiger partial charge in [0, 0.05) is 31.1 Å². The fraction of sp³-hybridized carbons (Fsp3) is 0.214. The van der Waals surface area contributed by atoms with Crippen molar-refractivity contribution in [2.75, 3.05) is 14.2 Å². The molecule has 108 valence electrons. The van der Waals surface area contributed by atoms with E-state index in [9.17, 15) is 0 Å². The second-order valence-electron chi connectivity index (χ2n) is 4.38. The quantitative estimate of drug-likeness (QED) is 0.729. The third kappa shape index (κ3) is 2.33. The Bertz CT molecular complexity index is 749. The summed E-state index contributed by atoms with van der Waals surface area (Å²) in [4.78, 5) is 4.37. The first-order chi connectivity index (χ1) is 10.2. The second-order valence-corrected chi connectivity index (χ2v) is 4.38. The van der Waals surface area contributed by atoms with Crippen LogP contribution in [0.3, 0.4) is 0 Å². The SMILES string of the molecule is COc1ccc(-c2nc(OC)n(C)n2)c(-n2cccn2)c1. The van der Waals surface area contributed by atoms with Crippen LogP contribution in [-0.2, 0) is 7.05 Å². The topological polar surface area (TPSA) is 67.0 Å². The standard InChI is InChI=1S/C14H15N5O2/c1-18-14(21-3)16-13(17-18)11-6-5-10(20-2)9-12(11)19-8-4-7-15-19/h4-9H,1-3H3. The van der Waals surface area contributed by atoms with Gasteiger partial charge in [0.15, 0.2) is 5.82 Å². The summed E-state index contributed by atoms with van der Waals surface area (Å²) in [5.74, 6) is 1.31. The van der Waals surface area contributed by atoms with E-state index in [1.165, 1.54) is 0 Å². The van der Waals surface area contributed by atoms with Gasteiger partial charge >= 0.3 is 6.01 Å². The average Bonchev–Trinajstić information content (AvgIpc) is 3.15. The van der Waals surface area contributed by atoms with Crippen LogP contribution in [-0.4, -0.2) is 38.8 Å². The molecule has 2 heterocycles. The van der Waals surface area contributed by atoms with Crippen LogP contribution in [0.25, 0.3) is 17.1 Å². The van der Waals surface area contributed by atoms with E-state index in [1.54, 1.807) is 36.8 Å². The Kier molecular flexibility index (Phi) is 3.31. The van der Waals surface area contributed by atoms with Gasteiger partial charge in [0.1, 0.15) is 5.75 Å². The molecule has 21 heavy (non-hydrogen) atoms. The molecule has 0 atom stereocenters. The highest BCUT2D eigenvalue weighted by atomic mass is 16.5. The Labute approximate surface area is 121 Å². The monoisotopic (exact) mass is 285 g/mol. The van der Waals surface area contributed by atoms with Gasteiger partial charge in [-0.15, -0.1) is 5.10 Å². The van der Waals surface area contributed by atoms with Crippen molar-refractivity contribution in [3.63, 3.8) is 0 Å². The average molecular weight is 285 g/mol. The number of aromatic nitrogens is 5. The second kappa shape index (κ2) is 5.28. The Hall–Kier alpha value is -2.83. The molecule has 0 amide bonds. The van der Waals surface area contributed by atoms with Crippen LogP contribution in [0.2, 0.25) is 0 Å². The summed E-state index contributed by atoms with van der Waals surface area (Å²) in [6, 6.07) is 7.98. The maximum absolute atomic E-state index is 5.28. The number of ether oxygens (including phenoxy) is 2. The summed E-state index contributed by atoms with van der Waals surface area (Å²) in [6.07, 6.45) is 3.58. The van der Waals surface area contributed by atoms with E-state index >= 15 is 0 Å². The number of rotatable bonds is 4.